The van der Waals surface area contributed by atoms with E-state index < -0.39 is 0 Å². The molecule has 0 aliphatic rings. The molecule has 0 aromatic rings. The summed E-state index contributed by atoms with van der Waals surface area (Å²) in [6.45, 7) is 4.52. The van der Waals surface area contributed by atoms with E-state index in [1.54, 1.807) is 0 Å². The summed E-state index contributed by atoms with van der Waals surface area (Å²) < 4.78 is 0. The lowest BCUT2D eigenvalue weighted by molar-refractivity contribution is 0.163. The highest BCUT2D eigenvalue weighted by molar-refractivity contribution is 5.13. The first-order chi connectivity index (χ1) is 8.69. The average molecular weight is 256 g/mol. The van der Waals surface area contributed by atoms with E-state index in [9.17, 15) is 5.11 Å². The van der Waals surface area contributed by atoms with Crippen molar-refractivity contribution in [2.45, 2.75) is 39.5 Å². The number of hydrogen-bond donors (Lipinski definition) is 3. The normalized spacial score (nSPS) is 16.2. The van der Waals surface area contributed by atoms with Crippen LogP contribution in [-0.2, 0) is 0 Å². The Hall–Kier alpha value is -0.640. The second-order valence-electron chi connectivity index (χ2n) is 4.80. The molecule has 0 heterocycles. The predicted octanol–water partition coefficient (Wildman–Crippen LogP) is 2.28. The van der Waals surface area contributed by atoms with E-state index in [2.05, 4.69) is 13.0 Å². The van der Waals surface area contributed by atoms with E-state index in [1.807, 2.05) is 19.1 Å². The molecule has 0 aliphatic heterocycles. The van der Waals surface area contributed by atoms with Crippen LogP contribution in [0.1, 0.15) is 39.5 Å². The Morgan fingerprint density at radius 1 is 1.11 bits per heavy atom. The Balaban J connectivity index is 4.54. The van der Waals surface area contributed by atoms with Crippen molar-refractivity contribution in [3.05, 3.63) is 23.8 Å². The number of allylic oxidation sites excluding steroid dienone is 4. The highest BCUT2D eigenvalue weighted by Gasteiger charge is 2.16. The van der Waals surface area contributed by atoms with Crippen LogP contribution in [0.3, 0.4) is 0 Å². The van der Waals surface area contributed by atoms with E-state index in [1.165, 1.54) is 5.57 Å². The minimum absolute atomic E-state index is 0.118. The van der Waals surface area contributed by atoms with Crippen molar-refractivity contribution in [1.82, 2.24) is 0 Å². The van der Waals surface area contributed by atoms with Gasteiger partial charge in [0.2, 0.25) is 0 Å². The summed E-state index contributed by atoms with van der Waals surface area (Å²) in [7, 11) is 0. The first-order valence-electron chi connectivity index (χ1n) is 6.81. The second kappa shape index (κ2) is 11.5. The Labute approximate surface area is 111 Å². The molecule has 0 radical (unpaired) electrons. The Morgan fingerprint density at radius 3 is 2.33 bits per heavy atom. The molecule has 3 nitrogen and oxygen atoms in total. The maximum atomic E-state index is 9.30. The Bertz CT molecular complexity index is 246. The third kappa shape index (κ3) is 7.64. The first kappa shape index (κ1) is 17.4. The van der Waals surface area contributed by atoms with Crippen LogP contribution in [0.4, 0.5) is 0 Å². The van der Waals surface area contributed by atoms with Crippen LogP contribution >= 0.6 is 0 Å². The van der Waals surface area contributed by atoms with Crippen molar-refractivity contribution in [2.24, 2.45) is 11.8 Å². The van der Waals surface area contributed by atoms with Gasteiger partial charge in [0.05, 0.1) is 0 Å². The van der Waals surface area contributed by atoms with Crippen LogP contribution < -0.4 is 0 Å². The molecule has 0 fully saturated rings. The zero-order valence-corrected chi connectivity index (χ0v) is 11.7. The van der Waals surface area contributed by atoms with Crippen LogP contribution in [0.15, 0.2) is 23.8 Å². The van der Waals surface area contributed by atoms with Gasteiger partial charge >= 0.3 is 0 Å². The minimum Gasteiger partial charge on any atom is -0.396 e. The van der Waals surface area contributed by atoms with Crippen molar-refractivity contribution in [3.8, 4) is 0 Å². The lowest BCUT2D eigenvalue weighted by atomic mass is 9.85. The smallest absolute Gasteiger partial charge is 0.0460 e. The molecule has 3 N–H and O–H groups in total. The standard InChI is InChI=1S/C15H28O3/c1-3-4-6-13(2)15(7-5-9-16)11-14(12-18)8-10-17/h3-4,6,14-18H,5,7-12H2,1-2H3/b4-3-,13-6+. The Morgan fingerprint density at radius 2 is 1.83 bits per heavy atom. The third-order valence-electron chi connectivity index (χ3n) is 3.32. The lowest BCUT2D eigenvalue weighted by Crippen LogP contribution is -2.15. The summed E-state index contributed by atoms with van der Waals surface area (Å²) in [5.74, 6) is 0.518. The van der Waals surface area contributed by atoms with Gasteiger partial charge in [-0.1, -0.05) is 23.8 Å². The summed E-state index contributed by atoms with van der Waals surface area (Å²) in [5.41, 5.74) is 1.28. The fourth-order valence-electron chi connectivity index (χ4n) is 2.12. The predicted molar refractivity (Wildman–Crippen MR) is 75.3 cm³/mol. The molecule has 0 rings (SSSR count). The third-order valence-corrected chi connectivity index (χ3v) is 3.32. The topological polar surface area (TPSA) is 60.7 Å². The van der Waals surface area contributed by atoms with Gasteiger partial charge in [-0.15, -0.1) is 0 Å². The maximum Gasteiger partial charge on any atom is 0.0460 e. The zero-order chi connectivity index (χ0) is 13.8. The highest BCUT2D eigenvalue weighted by Crippen LogP contribution is 2.26. The number of aliphatic hydroxyl groups excluding tert-OH is 3. The Kier molecular flexibility index (Phi) is 11.0. The monoisotopic (exact) mass is 256 g/mol. The van der Waals surface area contributed by atoms with Crippen LogP contribution in [0, 0.1) is 11.8 Å². The van der Waals surface area contributed by atoms with E-state index >= 15 is 0 Å². The number of hydrogen-bond acceptors (Lipinski definition) is 3. The molecule has 0 amide bonds. The van der Waals surface area contributed by atoms with Gasteiger partial charge in [-0.05, 0) is 51.4 Å². The van der Waals surface area contributed by atoms with E-state index in [4.69, 9.17) is 10.2 Å². The number of rotatable bonds is 10. The van der Waals surface area contributed by atoms with Crippen molar-refractivity contribution in [3.63, 3.8) is 0 Å². The summed E-state index contributed by atoms with van der Waals surface area (Å²) in [5, 5.41) is 27.2. The van der Waals surface area contributed by atoms with Crippen molar-refractivity contribution in [2.75, 3.05) is 19.8 Å². The van der Waals surface area contributed by atoms with Crippen molar-refractivity contribution >= 4 is 0 Å². The van der Waals surface area contributed by atoms with E-state index in [0.29, 0.717) is 12.3 Å². The van der Waals surface area contributed by atoms with Crippen molar-refractivity contribution < 1.29 is 15.3 Å². The molecule has 2 unspecified atom stereocenters. The molecule has 18 heavy (non-hydrogen) atoms. The average Bonchev–Trinajstić information content (AvgIpc) is 2.39. The van der Waals surface area contributed by atoms with Crippen LogP contribution in [-0.4, -0.2) is 35.1 Å². The molecule has 0 bridgehead atoms. The molecule has 106 valence electrons. The number of aliphatic hydroxyl groups is 3. The molecule has 3 heteroatoms. The molecule has 0 saturated carbocycles. The maximum absolute atomic E-state index is 9.30. The first-order valence-corrected chi connectivity index (χ1v) is 6.81. The summed E-state index contributed by atoms with van der Waals surface area (Å²) >= 11 is 0. The van der Waals surface area contributed by atoms with Gasteiger partial charge in [0.1, 0.15) is 0 Å². The lowest BCUT2D eigenvalue weighted by Gasteiger charge is -2.22. The molecule has 0 spiro atoms. The molecule has 0 aliphatic carbocycles. The molecular weight excluding hydrogens is 228 g/mol. The molecule has 0 aromatic heterocycles. The molecule has 0 saturated heterocycles. The summed E-state index contributed by atoms with van der Waals surface area (Å²) in [6.07, 6.45) is 9.32. The van der Waals surface area contributed by atoms with Gasteiger partial charge in [0.25, 0.3) is 0 Å². The van der Waals surface area contributed by atoms with Gasteiger partial charge in [-0.2, -0.15) is 0 Å². The van der Waals surface area contributed by atoms with Gasteiger partial charge in [0.15, 0.2) is 0 Å². The second-order valence-corrected chi connectivity index (χ2v) is 4.80. The van der Waals surface area contributed by atoms with Crippen molar-refractivity contribution in [1.29, 1.82) is 0 Å². The van der Waals surface area contributed by atoms with Crippen LogP contribution in [0.5, 0.6) is 0 Å². The van der Waals surface area contributed by atoms with Crippen LogP contribution in [0.25, 0.3) is 0 Å². The highest BCUT2D eigenvalue weighted by atomic mass is 16.3. The fourth-order valence-corrected chi connectivity index (χ4v) is 2.12. The summed E-state index contributed by atoms with van der Waals surface area (Å²) in [4.78, 5) is 0. The summed E-state index contributed by atoms with van der Waals surface area (Å²) in [6, 6.07) is 0. The molecule has 2 atom stereocenters. The zero-order valence-electron chi connectivity index (χ0n) is 11.7. The fraction of sp³-hybridized carbons (Fsp3) is 0.733. The van der Waals surface area contributed by atoms with Crippen LogP contribution in [0.2, 0.25) is 0 Å². The van der Waals surface area contributed by atoms with Gasteiger partial charge < -0.3 is 15.3 Å². The quantitative estimate of drug-likeness (QED) is 0.526. The van der Waals surface area contributed by atoms with Gasteiger partial charge in [-0.3, -0.25) is 0 Å². The minimum atomic E-state index is 0.118. The van der Waals surface area contributed by atoms with E-state index in [-0.39, 0.29) is 25.7 Å². The molecular formula is C15H28O3. The van der Waals surface area contributed by atoms with Gasteiger partial charge in [0, 0.05) is 19.8 Å². The van der Waals surface area contributed by atoms with E-state index in [0.717, 1.165) is 19.3 Å². The largest absolute Gasteiger partial charge is 0.396 e. The molecule has 0 aromatic carbocycles. The van der Waals surface area contributed by atoms with Gasteiger partial charge in [-0.25, -0.2) is 0 Å². The SMILES string of the molecule is C/C=C\C=C(/C)C(CCCO)CC(CO)CCO.